The number of amides is 1. The van der Waals surface area contributed by atoms with E-state index < -0.39 is 27.5 Å². The molecule has 0 aliphatic heterocycles. The Hall–Kier alpha value is -4.32. The van der Waals surface area contributed by atoms with Gasteiger partial charge in [0.05, 0.1) is 11.2 Å². The van der Waals surface area contributed by atoms with Gasteiger partial charge >= 0.3 is 0 Å². The molecule has 0 aliphatic rings. The van der Waals surface area contributed by atoms with Crippen molar-refractivity contribution in [2.24, 2.45) is 0 Å². The Labute approximate surface area is 188 Å². The Kier molecular flexibility index (Phi) is 6.00. The van der Waals surface area contributed by atoms with Crippen molar-refractivity contribution in [3.05, 3.63) is 83.6 Å². The average Bonchev–Trinajstić information content (AvgIpc) is 3.35. The molecule has 0 bridgehead atoms. The molecule has 1 amide bonds. The highest BCUT2D eigenvalue weighted by molar-refractivity contribution is 7.92. The van der Waals surface area contributed by atoms with Gasteiger partial charge in [-0.25, -0.2) is 27.8 Å². The predicted molar refractivity (Wildman–Crippen MR) is 119 cm³/mol. The van der Waals surface area contributed by atoms with E-state index in [0.29, 0.717) is 17.1 Å². The SMILES string of the molecule is CC(C(=O)Nc1ccc(S(=O)(=O)Nc2ncccn2)cc1)n1nc(-c2ccco2)ccc1=O. The van der Waals surface area contributed by atoms with Crippen LogP contribution in [0.1, 0.15) is 13.0 Å². The Morgan fingerprint density at radius 3 is 2.42 bits per heavy atom. The zero-order valence-corrected chi connectivity index (χ0v) is 18.1. The number of rotatable bonds is 7. The molecular formula is C21H18N6O5S. The summed E-state index contributed by atoms with van der Waals surface area (Å²) in [7, 11) is -3.90. The van der Waals surface area contributed by atoms with Gasteiger partial charge in [-0.1, -0.05) is 0 Å². The van der Waals surface area contributed by atoms with E-state index in [1.54, 1.807) is 18.2 Å². The highest BCUT2D eigenvalue weighted by Crippen LogP contribution is 2.19. The fourth-order valence-corrected chi connectivity index (χ4v) is 3.82. The molecule has 4 aromatic rings. The zero-order valence-electron chi connectivity index (χ0n) is 17.2. The summed E-state index contributed by atoms with van der Waals surface area (Å²) >= 11 is 0. The van der Waals surface area contributed by atoms with E-state index in [-0.39, 0.29) is 10.8 Å². The molecule has 168 valence electrons. The standard InChI is InChI=1S/C21H18N6O5S/c1-14(27-19(28)10-9-17(25-27)18-4-2-13-32-18)20(29)24-15-5-7-16(8-6-15)33(30,31)26-21-22-11-3-12-23-21/h2-14H,1H3,(H,24,29)(H,22,23,26). The van der Waals surface area contributed by atoms with Crippen molar-refractivity contribution in [2.75, 3.05) is 10.0 Å². The van der Waals surface area contributed by atoms with Crippen molar-refractivity contribution in [3.63, 3.8) is 0 Å². The van der Waals surface area contributed by atoms with E-state index in [0.717, 1.165) is 4.68 Å². The minimum absolute atomic E-state index is 0.0370. The molecule has 2 N–H and O–H groups in total. The first-order valence-corrected chi connectivity index (χ1v) is 11.2. The summed E-state index contributed by atoms with van der Waals surface area (Å²) in [6, 6.07) is 12.3. The van der Waals surface area contributed by atoms with Crippen molar-refractivity contribution in [2.45, 2.75) is 17.9 Å². The molecule has 12 heteroatoms. The third-order valence-corrected chi connectivity index (χ3v) is 5.91. The fraction of sp³-hybridized carbons (Fsp3) is 0.0952. The molecule has 0 fully saturated rings. The van der Waals surface area contributed by atoms with Gasteiger partial charge in [0.2, 0.25) is 11.9 Å². The molecule has 1 unspecified atom stereocenters. The van der Waals surface area contributed by atoms with Gasteiger partial charge < -0.3 is 9.73 Å². The lowest BCUT2D eigenvalue weighted by molar-refractivity contribution is -0.119. The van der Waals surface area contributed by atoms with E-state index in [9.17, 15) is 18.0 Å². The molecule has 0 saturated carbocycles. The number of nitrogens with zero attached hydrogens (tertiary/aromatic N) is 4. The van der Waals surface area contributed by atoms with Gasteiger partial charge in [0.25, 0.3) is 15.6 Å². The third kappa shape index (κ3) is 4.96. The summed E-state index contributed by atoms with van der Waals surface area (Å²) in [5.41, 5.74) is 0.296. The molecule has 33 heavy (non-hydrogen) atoms. The maximum atomic E-state index is 12.7. The molecule has 11 nitrogen and oxygen atoms in total. The summed E-state index contributed by atoms with van der Waals surface area (Å²) in [5.74, 6) is -0.103. The fourth-order valence-electron chi connectivity index (χ4n) is 2.86. The quantitative estimate of drug-likeness (QED) is 0.421. The van der Waals surface area contributed by atoms with Crippen LogP contribution >= 0.6 is 0 Å². The van der Waals surface area contributed by atoms with Gasteiger partial charge in [0.1, 0.15) is 11.7 Å². The lowest BCUT2D eigenvalue weighted by atomic mass is 10.2. The molecule has 1 atom stereocenters. The minimum atomic E-state index is -3.90. The van der Waals surface area contributed by atoms with E-state index >= 15 is 0 Å². The van der Waals surface area contributed by atoms with Crippen LogP contribution in [0.3, 0.4) is 0 Å². The lowest BCUT2D eigenvalue weighted by Crippen LogP contribution is -2.33. The Bertz CT molecular complexity index is 1420. The summed E-state index contributed by atoms with van der Waals surface area (Å²) in [6.45, 7) is 1.53. The second-order valence-electron chi connectivity index (χ2n) is 6.85. The van der Waals surface area contributed by atoms with E-state index in [1.807, 2.05) is 0 Å². The number of hydrogen-bond acceptors (Lipinski definition) is 8. The molecule has 1 aromatic carbocycles. The van der Waals surface area contributed by atoms with Crippen molar-refractivity contribution in [3.8, 4) is 11.5 Å². The van der Waals surface area contributed by atoms with Crippen molar-refractivity contribution < 1.29 is 17.6 Å². The lowest BCUT2D eigenvalue weighted by Gasteiger charge is -2.15. The van der Waals surface area contributed by atoms with Gasteiger partial charge in [-0.15, -0.1) is 0 Å². The zero-order chi connectivity index (χ0) is 23.4. The predicted octanol–water partition coefficient (Wildman–Crippen LogP) is 2.29. The van der Waals surface area contributed by atoms with Gasteiger partial charge in [0.15, 0.2) is 5.76 Å². The molecule has 4 rings (SSSR count). The van der Waals surface area contributed by atoms with Crippen LogP contribution in [-0.2, 0) is 14.8 Å². The molecular weight excluding hydrogens is 448 g/mol. The number of sulfonamides is 1. The maximum Gasteiger partial charge on any atom is 0.267 e. The van der Waals surface area contributed by atoms with Crippen LogP contribution < -0.4 is 15.6 Å². The maximum absolute atomic E-state index is 12.7. The van der Waals surface area contributed by atoms with Crippen LogP contribution in [0.5, 0.6) is 0 Å². The molecule has 3 heterocycles. The number of carbonyl (C=O) groups excluding carboxylic acids is 1. The number of hydrogen-bond donors (Lipinski definition) is 2. The highest BCUT2D eigenvalue weighted by Gasteiger charge is 2.20. The highest BCUT2D eigenvalue weighted by atomic mass is 32.2. The van der Waals surface area contributed by atoms with E-state index in [1.165, 1.54) is 62.0 Å². The third-order valence-electron chi connectivity index (χ3n) is 4.57. The first-order chi connectivity index (χ1) is 15.8. The van der Waals surface area contributed by atoms with Gasteiger partial charge in [0, 0.05) is 24.1 Å². The largest absolute Gasteiger partial charge is 0.463 e. The molecule has 0 radical (unpaired) electrons. The number of carbonyl (C=O) groups is 1. The summed E-state index contributed by atoms with van der Waals surface area (Å²) in [5, 5.41) is 6.86. The van der Waals surface area contributed by atoms with Crippen LogP contribution in [0.4, 0.5) is 11.6 Å². The van der Waals surface area contributed by atoms with Crippen LogP contribution in [0.15, 0.2) is 87.4 Å². The average molecular weight is 466 g/mol. The Balaban J connectivity index is 1.48. The summed E-state index contributed by atoms with van der Waals surface area (Å²) in [6.07, 6.45) is 4.30. The molecule has 0 saturated heterocycles. The van der Waals surface area contributed by atoms with Crippen LogP contribution in [-0.4, -0.2) is 34.1 Å². The van der Waals surface area contributed by atoms with Crippen molar-refractivity contribution in [1.82, 2.24) is 19.7 Å². The molecule has 0 spiro atoms. The van der Waals surface area contributed by atoms with E-state index in [4.69, 9.17) is 4.42 Å². The smallest absolute Gasteiger partial charge is 0.267 e. The van der Waals surface area contributed by atoms with Crippen LogP contribution in [0.2, 0.25) is 0 Å². The Morgan fingerprint density at radius 2 is 1.76 bits per heavy atom. The summed E-state index contributed by atoms with van der Waals surface area (Å²) < 4.78 is 33.5. The van der Waals surface area contributed by atoms with E-state index in [2.05, 4.69) is 25.1 Å². The minimum Gasteiger partial charge on any atom is -0.463 e. The van der Waals surface area contributed by atoms with Crippen molar-refractivity contribution in [1.29, 1.82) is 0 Å². The second-order valence-corrected chi connectivity index (χ2v) is 8.53. The Morgan fingerprint density at radius 1 is 1.03 bits per heavy atom. The first kappa shape index (κ1) is 21.9. The molecule has 0 aliphatic carbocycles. The molecule has 3 aromatic heterocycles. The second kappa shape index (κ2) is 9.04. The number of anilines is 2. The summed E-state index contributed by atoms with van der Waals surface area (Å²) in [4.78, 5) is 32.6. The van der Waals surface area contributed by atoms with Crippen molar-refractivity contribution >= 4 is 27.6 Å². The van der Waals surface area contributed by atoms with Gasteiger partial charge in [-0.05, 0) is 55.5 Å². The normalized spacial score (nSPS) is 12.2. The number of furan rings is 1. The number of aromatic nitrogens is 4. The first-order valence-electron chi connectivity index (χ1n) is 9.68. The van der Waals surface area contributed by atoms with Gasteiger partial charge in [-0.3, -0.25) is 9.59 Å². The number of benzene rings is 1. The van der Waals surface area contributed by atoms with Crippen LogP contribution in [0, 0.1) is 0 Å². The monoisotopic (exact) mass is 466 g/mol. The van der Waals surface area contributed by atoms with Crippen LogP contribution in [0.25, 0.3) is 11.5 Å². The topological polar surface area (TPSA) is 149 Å². The van der Waals surface area contributed by atoms with Gasteiger partial charge in [-0.2, -0.15) is 5.10 Å². The number of nitrogens with one attached hydrogen (secondary N) is 2.